The van der Waals surface area contributed by atoms with Crippen LogP contribution in [0.3, 0.4) is 0 Å². The molecule has 0 saturated carbocycles. The highest BCUT2D eigenvalue weighted by molar-refractivity contribution is 5.85. The molecule has 0 bridgehead atoms. The number of carboxylic acids is 1. The van der Waals surface area contributed by atoms with E-state index in [4.69, 9.17) is 15.6 Å². The normalized spacial score (nSPS) is 10.7. The number of carbonyl (C=O) groups is 1. The molecule has 4 nitrogen and oxygen atoms in total. The van der Waals surface area contributed by atoms with Gasteiger partial charge in [-0.3, -0.25) is 0 Å². The Hall–Kier alpha value is -2.82. The predicted molar refractivity (Wildman–Crippen MR) is 78.3 cm³/mol. The van der Waals surface area contributed by atoms with Gasteiger partial charge in [0.2, 0.25) is 0 Å². The van der Waals surface area contributed by atoms with Crippen LogP contribution < -0.4 is 10.5 Å². The number of aliphatic carboxylic acids is 1. The van der Waals surface area contributed by atoms with E-state index in [0.29, 0.717) is 22.6 Å². The van der Waals surface area contributed by atoms with Crippen LogP contribution in [0.25, 0.3) is 6.08 Å². The molecule has 0 amide bonds. The molecule has 0 aliphatic carbocycles. The van der Waals surface area contributed by atoms with Gasteiger partial charge < -0.3 is 15.6 Å². The van der Waals surface area contributed by atoms with Crippen LogP contribution in [0.4, 0.5) is 10.1 Å². The van der Waals surface area contributed by atoms with E-state index < -0.39 is 5.97 Å². The topological polar surface area (TPSA) is 72.6 Å². The van der Waals surface area contributed by atoms with Crippen LogP contribution in [0.5, 0.6) is 5.75 Å². The fraction of sp³-hybridized carbons (Fsp3) is 0.0625. The number of hydrogen-bond acceptors (Lipinski definition) is 3. The van der Waals surface area contributed by atoms with Gasteiger partial charge in [0.05, 0.1) is 5.69 Å². The molecule has 0 spiro atoms. The first-order chi connectivity index (χ1) is 10.1. The molecule has 5 heteroatoms. The summed E-state index contributed by atoms with van der Waals surface area (Å²) >= 11 is 0. The fourth-order valence-electron chi connectivity index (χ4n) is 1.74. The van der Waals surface area contributed by atoms with Gasteiger partial charge in [0.1, 0.15) is 18.2 Å². The lowest BCUT2D eigenvalue weighted by atomic mass is 10.1. The summed E-state index contributed by atoms with van der Waals surface area (Å²) in [7, 11) is 0. The Bertz CT molecular complexity index is 683. The van der Waals surface area contributed by atoms with Crippen molar-refractivity contribution in [3.63, 3.8) is 0 Å². The van der Waals surface area contributed by atoms with Crippen LogP contribution in [0.2, 0.25) is 0 Å². The summed E-state index contributed by atoms with van der Waals surface area (Å²) in [5, 5.41) is 8.56. The molecule has 0 fully saturated rings. The summed E-state index contributed by atoms with van der Waals surface area (Å²) in [6.07, 6.45) is 2.45. The van der Waals surface area contributed by atoms with Gasteiger partial charge in [0.15, 0.2) is 0 Å². The van der Waals surface area contributed by atoms with Crippen molar-refractivity contribution >= 4 is 17.7 Å². The number of halogens is 1. The van der Waals surface area contributed by atoms with E-state index in [0.717, 1.165) is 6.08 Å². The molecule has 0 aliphatic heterocycles. The zero-order valence-corrected chi connectivity index (χ0v) is 11.1. The lowest BCUT2D eigenvalue weighted by molar-refractivity contribution is -0.131. The van der Waals surface area contributed by atoms with Crippen molar-refractivity contribution in [2.75, 3.05) is 5.73 Å². The summed E-state index contributed by atoms with van der Waals surface area (Å²) in [4.78, 5) is 10.4. The smallest absolute Gasteiger partial charge is 0.328 e. The summed E-state index contributed by atoms with van der Waals surface area (Å²) in [6.45, 7) is 0.0706. The molecule has 108 valence electrons. The molecule has 0 saturated heterocycles. The quantitative estimate of drug-likeness (QED) is 0.654. The molecule has 2 aromatic rings. The standard InChI is InChI=1S/C16H14FNO3/c17-13-4-2-1-3-12(13)10-21-15-7-5-11(9-14(15)18)6-8-16(19)20/h1-9H,10,18H2,(H,19,20)/b8-6-. The third-order valence-electron chi connectivity index (χ3n) is 2.79. The zero-order valence-electron chi connectivity index (χ0n) is 11.1. The Balaban J connectivity index is 2.08. The van der Waals surface area contributed by atoms with Crippen LogP contribution in [0.15, 0.2) is 48.5 Å². The van der Waals surface area contributed by atoms with Crippen molar-refractivity contribution in [1.82, 2.24) is 0 Å². The number of carboxylic acid groups (broad SMARTS) is 1. The molecule has 0 heterocycles. The molecule has 0 aliphatic rings. The maximum atomic E-state index is 13.5. The highest BCUT2D eigenvalue weighted by atomic mass is 19.1. The van der Waals surface area contributed by atoms with Gasteiger partial charge in [0.25, 0.3) is 0 Å². The lowest BCUT2D eigenvalue weighted by Crippen LogP contribution is -2.01. The number of nitrogens with two attached hydrogens (primary N) is 1. The van der Waals surface area contributed by atoms with Gasteiger partial charge in [-0.1, -0.05) is 24.3 Å². The molecule has 0 unspecified atom stereocenters. The molecule has 3 N–H and O–H groups in total. The van der Waals surface area contributed by atoms with Crippen LogP contribution >= 0.6 is 0 Å². The van der Waals surface area contributed by atoms with E-state index in [-0.39, 0.29) is 12.4 Å². The summed E-state index contributed by atoms with van der Waals surface area (Å²) in [5.74, 6) is -0.948. The molecule has 0 atom stereocenters. The van der Waals surface area contributed by atoms with Crippen molar-refractivity contribution in [2.24, 2.45) is 0 Å². The second-order valence-corrected chi connectivity index (χ2v) is 4.35. The average molecular weight is 287 g/mol. The Morgan fingerprint density at radius 2 is 2.05 bits per heavy atom. The summed E-state index contributed by atoms with van der Waals surface area (Å²) in [5.41, 5.74) is 7.27. The monoisotopic (exact) mass is 287 g/mol. The van der Waals surface area contributed by atoms with E-state index in [9.17, 15) is 9.18 Å². The minimum absolute atomic E-state index is 0.0706. The van der Waals surface area contributed by atoms with Crippen LogP contribution in [-0.2, 0) is 11.4 Å². The van der Waals surface area contributed by atoms with E-state index in [1.807, 2.05) is 0 Å². The van der Waals surface area contributed by atoms with E-state index in [1.165, 1.54) is 12.1 Å². The van der Waals surface area contributed by atoms with Crippen molar-refractivity contribution < 1.29 is 19.0 Å². The summed E-state index contributed by atoms with van der Waals surface area (Å²) < 4.78 is 18.9. The minimum atomic E-state index is -1.03. The SMILES string of the molecule is Nc1cc(/C=C\C(=O)O)ccc1OCc1ccccc1F. The van der Waals surface area contributed by atoms with Gasteiger partial charge in [-0.2, -0.15) is 0 Å². The van der Waals surface area contributed by atoms with Crippen molar-refractivity contribution in [3.05, 3.63) is 65.5 Å². The molecule has 2 aromatic carbocycles. The van der Waals surface area contributed by atoms with Gasteiger partial charge in [-0.15, -0.1) is 0 Å². The maximum absolute atomic E-state index is 13.5. The largest absolute Gasteiger partial charge is 0.487 e. The number of rotatable bonds is 5. The second-order valence-electron chi connectivity index (χ2n) is 4.35. The highest BCUT2D eigenvalue weighted by Crippen LogP contribution is 2.24. The first-order valence-corrected chi connectivity index (χ1v) is 6.23. The molecule has 21 heavy (non-hydrogen) atoms. The first kappa shape index (κ1) is 14.6. The highest BCUT2D eigenvalue weighted by Gasteiger charge is 2.05. The Morgan fingerprint density at radius 1 is 1.29 bits per heavy atom. The van der Waals surface area contributed by atoms with Crippen molar-refractivity contribution in [1.29, 1.82) is 0 Å². The fourth-order valence-corrected chi connectivity index (χ4v) is 1.74. The summed E-state index contributed by atoms with van der Waals surface area (Å²) in [6, 6.07) is 11.2. The molecular formula is C16H14FNO3. The maximum Gasteiger partial charge on any atom is 0.328 e. The Labute approximate surface area is 121 Å². The molecule has 0 radical (unpaired) electrons. The van der Waals surface area contributed by atoms with Crippen molar-refractivity contribution in [3.8, 4) is 5.75 Å². The van der Waals surface area contributed by atoms with Gasteiger partial charge >= 0.3 is 5.97 Å². The van der Waals surface area contributed by atoms with Gasteiger partial charge in [0, 0.05) is 11.6 Å². The number of nitrogen functional groups attached to an aromatic ring is 1. The van der Waals surface area contributed by atoms with Gasteiger partial charge in [-0.25, -0.2) is 9.18 Å². The van der Waals surface area contributed by atoms with Crippen molar-refractivity contribution in [2.45, 2.75) is 6.61 Å². The van der Waals surface area contributed by atoms with Crippen LogP contribution in [-0.4, -0.2) is 11.1 Å². The van der Waals surface area contributed by atoms with E-state index >= 15 is 0 Å². The Kier molecular flexibility index (Phi) is 4.56. The minimum Gasteiger partial charge on any atom is -0.487 e. The number of benzene rings is 2. The number of anilines is 1. The second kappa shape index (κ2) is 6.56. The average Bonchev–Trinajstić information content (AvgIpc) is 2.45. The third-order valence-corrected chi connectivity index (χ3v) is 2.79. The van der Waals surface area contributed by atoms with Gasteiger partial charge in [-0.05, 0) is 29.8 Å². The Morgan fingerprint density at radius 3 is 2.71 bits per heavy atom. The number of hydrogen-bond donors (Lipinski definition) is 2. The van der Waals surface area contributed by atoms with Crippen LogP contribution in [0.1, 0.15) is 11.1 Å². The molecule has 2 rings (SSSR count). The lowest BCUT2D eigenvalue weighted by Gasteiger charge is -2.10. The zero-order chi connectivity index (χ0) is 15.2. The predicted octanol–water partition coefficient (Wildman–Crippen LogP) is 3.08. The first-order valence-electron chi connectivity index (χ1n) is 6.23. The molecular weight excluding hydrogens is 273 g/mol. The van der Waals surface area contributed by atoms with E-state index in [1.54, 1.807) is 36.4 Å². The third kappa shape index (κ3) is 4.07. The van der Waals surface area contributed by atoms with Crippen LogP contribution in [0, 0.1) is 5.82 Å². The molecule has 0 aromatic heterocycles. The number of ether oxygens (including phenoxy) is 1. The van der Waals surface area contributed by atoms with E-state index in [2.05, 4.69) is 0 Å².